The second kappa shape index (κ2) is 8.71. The van der Waals surface area contributed by atoms with Crippen molar-refractivity contribution < 1.29 is 9.53 Å². The summed E-state index contributed by atoms with van der Waals surface area (Å²) in [6, 6.07) is 0.244. The number of Topliss-reactive ketones (excluding diaryl/α,β-unsaturated/α-hetero) is 1. The molecule has 0 saturated heterocycles. The molecule has 0 aromatic carbocycles. The number of carbonyl (C=O) groups excluding carboxylic acids is 1. The Morgan fingerprint density at radius 2 is 1.69 bits per heavy atom. The average molecular weight is 229 g/mol. The zero-order valence-electron chi connectivity index (χ0n) is 11.2. The number of hydrogen-bond acceptors (Lipinski definition) is 3. The third-order valence-corrected chi connectivity index (χ3v) is 3.02. The molecule has 3 heteroatoms. The Hall–Kier alpha value is -0.410. The van der Waals surface area contributed by atoms with Crippen molar-refractivity contribution in [1.29, 1.82) is 0 Å². The Balaban J connectivity index is 3.79. The molecular formula is C13H27NO2. The van der Waals surface area contributed by atoms with Crippen molar-refractivity contribution in [3.63, 3.8) is 0 Å². The van der Waals surface area contributed by atoms with E-state index in [1.54, 1.807) is 7.11 Å². The van der Waals surface area contributed by atoms with Gasteiger partial charge in [0.1, 0.15) is 5.78 Å². The van der Waals surface area contributed by atoms with Crippen molar-refractivity contribution in [1.82, 2.24) is 0 Å². The maximum Gasteiger partial charge on any atom is 0.138 e. The van der Waals surface area contributed by atoms with E-state index in [1.807, 2.05) is 20.8 Å². The van der Waals surface area contributed by atoms with Gasteiger partial charge >= 0.3 is 0 Å². The molecule has 0 aromatic heterocycles. The first-order valence-corrected chi connectivity index (χ1v) is 6.27. The summed E-state index contributed by atoms with van der Waals surface area (Å²) in [6.07, 6.45) is 3.83. The highest BCUT2D eigenvalue weighted by Crippen LogP contribution is 2.16. The van der Waals surface area contributed by atoms with Crippen LogP contribution < -0.4 is 5.73 Å². The largest absolute Gasteiger partial charge is 0.385 e. The molecule has 0 radical (unpaired) electrons. The van der Waals surface area contributed by atoms with Crippen LogP contribution in [0, 0.1) is 11.8 Å². The van der Waals surface area contributed by atoms with E-state index in [0.29, 0.717) is 12.4 Å². The van der Waals surface area contributed by atoms with Crippen LogP contribution in [0.2, 0.25) is 0 Å². The van der Waals surface area contributed by atoms with E-state index in [1.165, 1.54) is 0 Å². The van der Waals surface area contributed by atoms with Gasteiger partial charge in [-0.25, -0.2) is 0 Å². The minimum Gasteiger partial charge on any atom is -0.385 e. The van der Waals surface area contributed by atoms with E-state index in [-0.39, 0.29) is 17.9 Å². The third kappa shape index (κ3) is 6.96. The molecule has 2 N–H and O–H groups in total. The molecule has 0 rings (SSSR count). The van der Waals surface area contributed by atoms with Crippen molar-refractivity contribution >= 4 is 5.78 Å². The standard InChI is InChI=1S/C13H27NO2/c1-10(6-5-7-12(3)14)13(15)11(2)8-9-16-4/h10-12H,5-9,14H2,1-4H3. The van der Waals surface area contributed by atoms with Crippen LogP contribution in [0.3, 0.4) is 0 Å². The molecule has 3 atom stereocenters. The molecule has 0 aliphatic heterocycles. The molecule has 0 saturated carbocycles. The summed E-state index contributed by atoms with van der Waals surface area (Å²) in [7, 11) is 1.67. The van der Waals surface area contributed by atoms with Crippen LogP contribution in [0.4, 0.5) is 0 Å². The molecule has 0 spiro atoms. The highest BCUT2D eigenvalue weighted by atomic mass is 16.5. The Kier molecular flexibility index (Phi) is 8.49. The normalized spacial score (nSPS) is 16.8. The Labute approximate surface area is 99.7 Å². The minimum atomic E-state index is 0.116. The van der Waals surface area contributed by atoms with Crippen LogP contribution in [-0.4, -0.2) is 25.5 Å². The summed E-state index contributed by atoms with van der Waals surface area (Å²) in [4.78, 5) is 11.9. The first-order valence-electron chi connectivity index (χ1n) is 6.27. The lowest BCUT2D eigenvalue weighted by Gasteiger charge is -2.16. The molecule has 16 heavy (non-hydrogen) atoms. The first kappa shape index (κ1) is 15.6. The molecule has 0 heterocycles. The molecular weight excluding hydrogens is 202 g/mol. The molecule has 3 nitrogen and oxygen atoms in total. The molecule has 0 fully saturated rings. The molecule has 3 unspecified atom stereocenters. The van der Waals surface area contributed by atoms with Gasteiger partial charge in [0.15, 0.2) is 0 Å². The van der Waals surface area contributed by atoms with Crippen LogP contribution >= 0.6 is 0 Å². The second-order valence-electron chi connectivity index (χ2n) is 4.89. The summed E-state index contributed by atoms with van der Waals surface area (Å²) >= 11 is 0. The minimum absolute atomic E-state index is 0.116. The van der Waals surface area contributed by atoms with Crippen LogP contribution in [0.5, 0.6) is 0 Å². The zero-order chi connectivity index (χ0) is 12.6. The first-order chi connectivity index (χ1) is 7.49. The topological polar surface area (TPSA) is 52.3 Å². The van der Waals surface area contributed by atoms with Gasteiger partial charge in [-0.3, -0.25) is 4.79 Å². The van der Waals surface area contributed by atoms with Crippen LogP contribution in [0.1, 0.15) is 46.5 Å². The summed E-state index contributed by atoms with van der Waals surface area (Å²) in [6.45, 7) is 6.68. The van der Waals surface area contributed by atoms with Gasteiger partial charge in [-0.15, -0.1) is 0 Å². The van der Waals surface area contributed by atoms with Crippen molar-refractivity contribution in [2.75, 3.05) is 13.7 Å². The van der Waals surface area contributed by atoms with E-state index >= 15 is 0 Å². The smallest absolute Gasteiger partial charge is 0.138 e. The lowest BCUT2D eigenvalue weighted by atomic mass is 9.89. The molecule has 96 valence electrons. The summed E-state index contributed by atoms with van der Waals surface area (Å²) in [5.41, 5.74) is 5.68. The lowest BCUT2D eigenvalue weighted by Crippen LogP contribution is -2.21. The van der Waals surface area contributed by atoms with Crippen molar-refractivity contribution in [3.8, 4) is 0 Å². The maximum atomic E-state index is 11.9. The van der Waals surface area contributed by atoms with Gasteiger partial charge in [-0.1, -0.05) is 20.3 Å². The predicted octanol–water partition coefficient (Wildman–Crippen LogP) is 2.38. The molecule has 0 aliphatic carbocycles. The van der Waals surface area contributed by atoms with E-state index < -0.39 is 0 Å². The molecule has 0 aliphatic rings. The van der Waals surface area contributed by atoms with Crippen LogP contribution in [0.15, 0.2) is 0 Å². The van der Waals surface area contributed by atoms with E-state index in [4.69, 9.17) is 10.5 Å². The predicted molar refractivity (Wildman–Crippen MR) is 67.3 cm³/mol. The molecule has 0 amide bonds. The van der Waals surface area contributed by atoms with Gasteiger partial charge in [0.2, 0.25) is 0 Å². The number of methoxy groups -OCH3 is 1. The summed E-state index contributed by atoms with van der Waals surface area (Å²) in [5.74, 6) is 0.637. The highest BCUT2D eigenvalue weighted by molar-refractivity contribution is 5.82. The van der Waals surface area contributed by atoms with E-state index in [2.05, 4.69) is 0 Å². The van der Waals surface area contributed by atoms with Crippen molar-refractivity contribution in [3.05, 3.63) is 0 Å². The number of rotatable bonds is 9. The van der Waals surface area contributed by atoms with Gasteiger partial charge in [-0.05, 0) is 26.2 Å². The zero-order valence-corrected chi connectivity index (χ0v) is 11.2. The monoisotopic (exact) mass is 229 g/mol. The number of nitrogens with two attached hydrogens (primary N) is 1. The number of ketones is 1. The summed E-state index contributed by atoms with van der Waals surface area (Å²) in [5, 5.41) is 0. The van der Waals surface area contributed by atoms with E-state index in [0.717, 1.165) is 25.7 Å². The third-order valence-electron chi connectivity index (χ3n) is 3.02. The SMILES string of the molecule is COCCC(C)C(=O)C(C)CCCC(C)N. The Bertz CT molecular complexity index is 192. The van der Waals surface area contributed by atoms with Gasteiger partial charge in [0.25, 0.3) is 0 Å². The Morgan fingerprint density at radius 3 is 2.19 bits per heavy atom. The van der Waals surface area contributed by atoms with Crippen LogP contribution in [0.25, 0.3) is 0 Å². The van der Waals surface area contributed by atoms with Gasteiger partial charge < -0.3 is 10.5 Å². The second-order valence-corrected chi connectivity index (χ2v) is 4.89. The van der Waals surface area contributed by atoms with Crippen molar-refractivity contribution in [2.45, 2.75) is 52.5 Å². The maximum absolute atomic E-state index is 11.9. The number of hydrogen-bond donors (Lipinski definition) is 1. The van der Waals surface area contributed by atoms with Gasteiger partial charge in [-0.2, -0.15) is 0 Å². The number of carbonyl (C=O) groups is 1. The highest BCUT2D eigenvalue weighted by Gasteiger charge is 2.19. The van der Waals surface area contributed by atoms with Gasteiger partial charge in [0, 0.05) is 31.6 Å². The van der Waals surface area contributed by atoms with Crippen molar-refractivity contribution in [2.24, 2.45) is 17.6 Å². The quantitative estimate of drug-likeness (QED) is 0.660. The molecule has 0 aromatic rings. The van der Waals surface area contributed by atoms with Crippen LogP contribution in [-0.2, 0) is 9.53 Å². The fourth-order valence-electron chi connectivity index (χ4n) is 1.81. The van der Waals surface area contributed by atoms with Gasteiger partial charge in [0.05, 0.1) is 0 Å². The summed E-state index contributed by atoms with van der Waals surface area (Å²) < 4.78 is 4.99. The fourth-order valence-corrected chi connectivity index (χ4v) is 1.81. The lowest BCUT2D eigenvalue weighted by molar-refractivity contribution is -0.126. The average Bonchev–Trinajstić information content (AvgIpc) is 2.24. The Morgan fingerprint density at radius 1 is 1.12 bits per heavy atom. The molecule has 0 bridgehead atoms. The van der Waals surface area contributed by atoms with E-state index in [9.17, 15) is 4.79 Å². The number of ether oxygens (including phenoxy) is 1. The fraction of sp³-hybridized carbons (Fsp3) is 0.923.